The smallest absolute Gasteiger partial charge is 0.233 e. The number of ether oxygens (including phenoxy) is 2. The molecule has 2 aliphatic rings. The van der Waals surface area contributed by atoms with Gasteiger partial charge in [0, 0.05) is 12.1 Å². The zero-order valence-corrected chi connectivity index (χ0v) is 21.5. The number of anilines is 1. The molecule has 2 saturated heterocycles. The molecule has 0 aliphatic carbocycles. The van der Waals surface area contributed by atoms with Crippen LogP contribution < -0.4 is 9.64 Å². The van der Waals surface area contributed by atoms with Crippen molar-refractivity contribution >= 4 is 11.6 Å². The highest BCUT2D eigenvalue weighted by atomic mass is 19.1. The van der Waals surface area contributed by atoms with Crippen LogP contribution in [0.2, 0.25) is 0 Å². The number of carbonyl (C=O) groups is 1. The second-order valence-electron chi connectivity index (χ2n) is 10.1. The van der Waals surface area contributed by atoms with E-state index in [1.807, 2.05) is 24.3 Å². The van der Waals surface area contributed by atoms with E-state index < -0.39 is 48.9 Å². The van der Waals surface area contributed by atoms with Crippen molar-refractivity contribution in [2.75, 3.05) is 18.1 Å². The summed E-state index contributed by atoms with van der Waals surface area (Å²) in [4.78, 5) is 14.8. The van der Waals surface area contributed by atoms with Gasteiger partial charge >= 0.3 is 0 Å². The van der Waals surface area contributed by atoms with E-state index in [1.54, 1.807) is 17.0 Å². The molecular weight excluding hydrogens is 524 g/mol. The summed E-state index contributed by atoms with van der Waals surface area (Å²) in [7, 11) is 0. The van der Waals surface area contributed by atoms with Crippen LogP contribution in [0.4, 0.5) is 14.5 Å². The van der Waals surface area contributed by atoms with E-state index in [0.29, 0.717) is 17.9 Å². The third-order valence-electron chi connectivity index (χ3n) is 7.58. The fraction of sp³-hybridized carbons (Fsp3) is 0.367. The Hall–Kier alpha value is -3.41. The number of halogens is 2. The van der Waals surface area contributed by atoms with Crippen molar-refractivity contribution in [3.63, 3.8) is 0 Å². The lowest BCUT2D eigenvalue weighted by Gasteiger charge is -2.47. The summed E-state index contributed by atoms with van der Waals surface area (Å²) in [6, 6.07) is 18.4. The van der Waals surface area contributed by atoms with E-state index >= 15 is 0 Å². The van der Waals surface area contributed by atoms with Crippen molar-refractivity contribution in [3.8, 4) is 5.75 Å². The van der Waals surface area contributed by atoms with Crippen molar-refractivity contribution < 1.29 is 43.5 Å². The van der Waals surface area contributed by atoms with E-state index in [0.717, 1.165) is 11.1 Å². The minimum atomic E-state index is -1.45. The molecule has 10 heteroatoms. The van der Waals surface area contributed by atoms with Gasteiger partial charge in [-0.15, -0.1) is 0 Å². The number of aliphatic hydroxyl groups is 4. The van der Waals surface area contributed by atoms with Crippen molar-refractivity contribution in [1.82, 2.24) is 0 Å². The van der Waals surface area contributed by atoms with E-state index in [1.165, 1.54) is 36.4 Å². The first kappa shape index (κ1) is 28.1. The van der Waals surface area contributed by atoms with Crippen LogP contribution in [-0.2, 0) is 16.0 Å². The Labute approximate surface area is 230 Å². The number of benzene rings is 3. The molecule has 4 N–H and O–H groups in total. The third-order valence-corrected chi connectivity index (χ3v) is 7.58. The number of rotatable bonds is 9. The maximum atomic E-state index is 13.6. The van der Waals surface area contributed by atoms with Crippen molar-refractivity contribution in [1.29, 1.82) is 0 Å². The van der Waals surface area contributed by atoms with Gasteiger partial charge in [-0.3, -0.25) is 4.79 Å². The normalized spacial score (nSPS) is 28.3. The Morgan fingerprint density at radius 3 is 2.02 bits per heavy atom. The second-order valence-corrected chi connectivity index (χ2v) is 10.1. The Kier molecular flexibility index (Phi) is 8.43. The molecule has 0 saturated carbocycles. The average Bonchev–Trinajstić information content (AvgIpc) is 2.96. The molecule has 0 bridgehead atoms. The van der Waals surface area contributed by atoms with Gasteiger partial charge in [-0.25, -0.2) is 8.78 Å². The van der Waals surface area contributed by atoms with Gasteiger partial charge in [0.2, 0.25) is 5.91 Å². The molecule has 7 unspecified atom stereocenters. The number of hydrogen-bond donors (Lipinski definition) is 4. The molecule has 2 aliphatic heterocycles. The first-order chi connectivity index (χ1) is 19.3. The minimum Gasteiger partial charge on any atom is -0.494 e. The van der Waals surface area contributed by atoms with Crippen molar-refractivity contribution in [2.45, 2.75) is 49.4 Å². The van der Waals surface area contributed by atoms with Crippen LogP contribution in [0, 0.1) is 17.6 Å². The Balaban J connectivity index is 1.31. The van der Waals surface area contributed by atoms with Gasteiger partial charge in [0.25, 0.3) is 0 Å². The van der Waals surface area contributed by atoms with Crippen LogP contribution in [-0.4, -0.2) is 70.1 Å². The summed E-state index contributed by atoms with van der Waals surface area (Å²) in [5.41, 5.74) is 2.19. The summed E-state index contributed by atoms with van der Waals surface area (Å²) in [5.74, 6) is -0.800. The number of carbonyl (C=O) groups excluding carboxylic acids is 1. The topological polar surface area (TPSA) is 120 Å². The fourth-order valence-corrected chi connectivity index (χ4v) is 5.37. The lowest BCUT2D eigenvalue weighted by Crippen LogP contribution is -2.59. The highest BCUT2D eigenvalue weighted by molar-refractivity contribution is 6.03. The molecule has 5 rings (SSSR count). The first-order valence-corrected chi connectivity index (χ1v) is 13.1. The van der Waals surface area contributed by atoms with E-state index in [2.05, 4.69) is 0 Å². The van der Waals surface area contributed by atoms with Gasteiger partial charge in [0.05, 0.1) is 31.3 Å². The van der Waals surface area contributed by atoms with Gasteiger partial charge in [-0.2, -0.15) is 0 Å². The van der Waals surface area contributed by atoms with Gasteiger partial charge in [0.15, 0.2) is 0 Å². The Morgan fingerprint density at radius 2 is 1.40 bits per heavy atom. The van der Waals surface area contributed by atoms with E-state index in [-0.39, 0.29) is 30.8 Å². The molecule has 2 fully saturated rings. The maximum absolute atomic E-state index is 13.6. The number of β-lactam (4-membered cyclic amide) rings is 1. The van der Waals surface area contributed by atoms with Gasteiger partial charge in [-0.05, 0) is 66.1 Å². The van der Waals surface area contributed by atoms with Gasteiger partial charge < -0.3 is 34.8 Å². The molecule has 1 amide bonds. The predicted octanol–water partition coefficient (Wildman–Crippen LogP) is 2.52. The lowest BCUT2D eigenvalue weighted by atomic mass is 9.79. The number of nitrogens with zero attached hydrogens (tertiary/aromatic N) is 1. The van der Waals surface area contributed by atoms with Crippen LogP contribution in [0.5, 0.6) is 5.75 Å². The minimum absolute atomic E-state index is 0.121. The molecule has 3 aromatic carbocycles. The van der Waals surface area contributed by atoms with Crippen LogP contribution in [0.25, 0.3) is 0 Å². The van der Waals surface area contributed by atoms with Crippen LogP contribution >= 0.6 is 0 Å². The van der Waals surface area contributed by atoms with Crippen molar-refractivity contribution in [3.05, 3.63) is 95.6 Å². The molecular formula is C30H31F2NO7. The highest BCUT2D eigenvalue weighted by Gasteiger charge is 2.48. The summed E-state index contributed by atoms with van der Waals surface area (Å²) in [6.07, 6.45) is -5.38. The van der Waals surface area contributed by atoms with E-state index in [4.69, 9.17) is 9.47 Å². The molecule has 8 nitrogen and oxygen atoms in total. The van der Waals surface area contributed by atoms with Gasteiger partial charge in [0.1, 0.15) is 41.8 Å². The molecule has 0 spiro atoms. The number of aliphatic hydroxyl groups excluding tert-OH is 4. The van der Waals surface area contributed by atoms with Crippen LogP contribution in [0.1, 0.15) is 23.6 Å². The number of amides is 1. The van der Waals surface area contributed by atoms with Crippen LogP contribution in [0.3, 0.4) is 0 Å². The number of hydrogen-bond acceptors (Lipinski definition) is 7. The second kappa shape index (κ2) is 12.0. The first-order valence-electron chi connectivity index (χ1n) is 13.1. The summed E-state index contributed by atoms with van der Waals surface area (Å²) >= 11 is 0. The molecule has 0 radical (unpaired) electrons. The standard InChI is InChI=1S/C30H31F2NO7/c31-19-5-9-21(10-6-19)33-26(23(30(33)38)13-14-39-22-11-7-20(32)8-12-22)18-3-1-17(2-4-18)15-24-27(35)29(37)28(36)25(16-34)40-24/h1-12,23-29,34-37H,13-16H2. The molecule has 3 aromatic rings. The summed E-state index contributed by atoms with van der Waals surface area (Å²) in [6.45, 7) is -0.257. The van der Waals surface area contributed by atoms with Crippen LogP contribution in [0.15, 0.2) is 72.8 Å². The summed E-state index contributed by atoms with van der Waals surface area (Å²) < 4.78 is 38.1. The van der Waals surface area contributed by atoms with Crippen molar-refractivity contribution in [2.24, 2.45) is 5.92 Å². The molecule has 0 aromatic heterocycles. The molecule has 2 heterocycles. The van der Waals surface area contributed by atoms with Gasteiger partial charge in [-0.1, -0.05) is 24.3 Å². The Bertz CT molecular complexity index is 1290. The zero-order valence-electron chi connectivity index (χ0n) is 21.5. The maximum Gasteiger partial charge on any atom is 0.233 e. The molecule has 40 heavy (non-hydrogen) atoms. The largest absolute Gasteiger partial charge is 0.494 e. The average molecular weight is 556 g/mol. The Morgan fingerprint density at radius 1 is 0.800 bits per heavy atom. The molecule has 7 atom stereocenters. The molecule has 212 valence electrons. The monoisotopic (exact) mass is 555 g/mol. The zero-order chi connectivity index (χ0) is 28.4. The fourth-order valence-electron chi connectivity index (χ4n) is 5.37. The third kappa shape index (κ3) is 5.72. The lowest BCUT2D eigenvalue weighted by molar-refractivity contribution is -0.228. The summed E-state index contributed by atoms with van der Waals surface area (Å²) in [5, 5.41) is 39.9. The van der Waals surface area contributed by atoms with E-state index in [9.17, 15) is 34.0 Å². The quantitative estimate of drug-likeness (QED) is 0.300. The SMILES string of the molecule is O=C1C(CCOc2ccc(F)cc2)C(c2ccc(CC3OC(CO)C(O)C(O)C3O)cc2)N1c1ccc(F)cc1. The highest BCUT2D eigenvalue weighted by Crippen LogP contribution is 2.45. The predicted molar refractivity (Wildman–Crippen MR) is 141 cm³/mol.